The molecule has 11 nitrogen and oxygen atoms in total. The Morgan fingerprint density at radius 1 is 1.24 bits per heavy atom. The summed E-state index contributed by atoms with van der Waals surface area (Å²) in [5.41, 5.74) is 0.797. The van der Waals surface area contributed by atoms with Crippen LogP contribution in [0.3, 0.4) is 0 Å². The number of nitrogens with zero attached hydrogens (tertiary/aromatic N) is 5. The van der Waals surface area contributed by atoms with E-state index in [-0.39, 0.29) is 30.3 Å². The number of furan rings is 1. The number of rotatable bonds is 8. The third kappa shape index (κ3) is 5.39. The number of carbonyl (C=O) groups is 2. The minimum absolute atomic E-state index is 0.0476. The molecule has 12 heteroatoms. The average molecular weight is 485 g/mol. The zero-order valence-electron chi connectivity index (χ0n) is 18.5. The van der Waals surface area contributed by atoms with Crippen molar-refractivity contribution in [1.82, 2.24) is 30.4 Å². The maximum absolute atomic E-state index is 13.6. The van der Waals surface area contributed by atoms with Gasteiger partial charge in [-0.1, -0.05) is 30.3 Å². The molecule has 2 aromatic heterocycles. The molecule has 3 aromatic rings. The standard InChI is InChI=1S/C22H24N6O5S/c1-2-27(14-20(29)23-17-10-12-34(31,32)15-17)22(30)19(13-18-9-6-11-33-18)28-21(24-25-26-28)16-7-4-3-5-8-16/h3-9,11,13,17H,2,10,12,14-15H2,1H3,(H,23,29)/b19-13-. The van der Waals surface area contributed by atoms with Crippen LogP contribution in [0.25, 0.3) is 23.2 Å². The van der Waals surface area contributed by atoms with Gasteiger partial charge in [0.1, 0.15) is 11.5 Å². The third-order valence-electron chi connectivity index (χ3n) is 5.37. The van der Waals surface area contributed by atoms with Crippen LogP contribution in [0.5, 0.6) is 0 Å². The van der Waals surface area contributed by atoms with Crippen molar-refractivity contribution in [3.8, 4) is 11.4 Å². The molecule has 1 fully saturated rings. The van der Waals surface area contributed by atoms with E-state index in [0.29, 0.717) is 23.6 Å². The van der Waals surface area contributed by atoms with Crippen LogP contribution in [0.2, 0.25) is 0 Å². The summed E-state index contributed by atoms with van der Waals surface area (Å²) in [6, 6.07) is 12.1. The number of hydrogen-bond donors (Lipinski definition) is 1. The predicted molar refractivity (Wildman–Crippen MR) is 124 cm³/mol. The summed E-state index contributed by atoms with van der Waals surface area (Å²) in [4.78, 5) is 27.5. The molecule has 0 saturated carbocycles. The van der Waals surface area contributed by atoms with Crippen LogP contribution in [0.1, 0.15) is 19.1 Å². The molecule has 1 aliphatic heterocycles. The average Bonchev–Trinajstić information content (AvgIpc) is 3.57. The Balaban J connectivity index is 1.60. The van der Waals surface area contributed by atoms with Crippen molar-refractivity contribution in [1.29, 1.82) is 0 Å². The molecule has 1 aliphatic rings. The highest BCUT2D eigenvalue weighted by Gasteiger charge is 2.30. The second-order valence-corrected chi connectivity index (χ2v) is 10.0. The molecule has 178 valence electrons. The molecular formula is C22H24N6O5S. The van der Waals surface area contributed by atoms with Gasteiger partial charge in [0, 0.05) is 24.2 Å². The lowest BCUT2D eigenvalue weighted by Gasteiger charge is -2.23. The summed E-state index contributed by atoms with van der Waals surface area (Å²) >= 11 is 0. The molecule has 3 heterocycles. The number of benzene rings is 1. The second-order valence-electron chi connectivity index (χ2n) is 7.81. The number of carbonyl (C=O) groups excluding carboxylic acids is 2. The molecule has 34 heavy (non-hydrogen) atoms. The largest absolute Gasteiger partial charge is 0.465 e. The fraction of sp³-hybridized carbons (Fsp3) is 0.318. The number of sulfone groups is 1. The summed E-state index contributed by atoms with van der Waals surface area (Å²) in [5, 5.41) is 14.5. The van der Waals surface area contributed by atoms with E-state index in [4.69, 9.17) is 4.42 Å². The number of nitrogens with one attached hydrogen (secondary N) is 1. The molecule has 1 unspecified atom stereocenters. The Labute approximate surface area is 196 Å². The highest BCUT2D eigenvalue weighted by Crippen LogP contribution is 2.22. The van der Waals surface area contributed by atoms with Crippen LogP contribution in [0.4, 0.5) is 0 Å². The normalized spacial score (nSPS) is 17.4. The lowest BCUT2D eigenvalue weighted by molar-refractivity contribution is -0.132. The Bertz CT molecular complexity index is 1280. The van der Waals surface area contributed by atoms with Gasteiger partial charge in [0.05, 0.1) is 24.3 Å². The lowest BCUT2D eigenvalue weighted by Crippen LogP contribution is -2.45. The summed E-state index contributed by atoms with van der Waals surface area (Å²) in [7, 11) is -3.13. The minimum atomic E-state index is -3.13. The molecule has 1 aromatic carbocycles. The van der Waals surface area contributed by atoms with Gasteiger partial charge in [0.25, 0.3) is 5.91 Å². The molecule has 0 aliphatic carbocycles. The van der Waals surface area contributed by atoms with E-state index < -0.39 is 27.7 Å². The fourth-order valence-corrected chi connectivity index (χ4v) is 5.36. The molecule has 1 N–H and O–H groups in total. The van der Waals surface area contributed by atoms with Crippen LogP contribution < -0.4 is 5.32 Å². The molecule has 4 rings (SSSR count). The first-order valence-electron chi connectivity index (χ1n) is 10.7. The molecule has 1 atom stereocenters. The van der Waals surface area contributed by atoms with Crippen LogP contribution in [0, 0.1) is 0 Å². The topological polar surface area (TPSA) is 140 Å². The molecule has 0 bridgehead atoms. The summed E-state index contributed by atoms with van der Waals surface area (Å²) in [6.45, 7) is 1.73. The van der Waals surface area contributed by atoms with E-state index in [1.807, 2.05) is 30.3 Å². The molecule has 0 radical (unpaired) electrons. The Kier molecular flexibility index (Phi) is 6.87. The third-order valence-corrected chi connectivity index (χ3v) is 7.14. The Hall–Kier alpha value is -3.80. The first kappa shape index (κ1) is 23.4. The van der Waals surface area contributed by atoms with Crippen LogP contribution >= 0.6 is 0 Å². The Morgan fingerprint density at radius 2 is 2.03 bits per heavy atom. The van der Waals surface area contributed by atoms with Crippen molar-refractivity contribution in [3.63, 3.8) is 0 Å². The maximum Gasteiger partial charge on any atom is 0.273 e. The van der Waals surface area contributed by atoms with Crippen molar-refractivity contribution in [2.75, 3.05) is 24.6 Å². The van der Waals surface area contributed by atoms with Gasteiger partial charge in [-0.25, -0.2) is 8.42 Å². The quantitative estimate of drug-likeness (QED) is 0.469. The summed E-state index contributed by atoms with van der Waals surface area (Å²) in [5.74, 6) is -0.204. The van der Waals surface area contributed by atoms with Gasteiger partial charge in [-0.3, -0.25) is 9.59 Å². The van der Waals surface area contributed by atoms with Crippen molar-refractivity contribution in [2.24, 2.45) is 0 Å². The van der Waals surface area contributed by atoms with Gasteiger partial charge >= 0.3 is 0 Å². The minimum Gasteiger partial charge on any atom is -0.465 e. The highest BCUT2D eigenvalue weighted by molar-refractivity contribution is 7.91. The number of tetrazole rings is 1. The fourth-order valence-electron chi connectivity index (χ4n) is 3.68. The predicted octanol–water partition coefficient (Wildman–Crippen LogP) is 1.08. The van der Waals surface area contributed by atoms with E-state index in [2.05, 4.69) is 20.8 Å². The zero-order chi connectivity index (χ0) is 24.1. The van der Waals surface area contributed by atoms with Gasteiger partial charge in [0.2, 0.25) is 5.91 Å². The molecule has 0 spiro atoms. The monoisotopic (exact) mass is 484 g/mol. The van der Waals surface area contributed by atoms with Gasteiger partial charge < -0.3 is 14.6 Å². The summed E-state index contributed by atoms with van der Waals surface area (Å²) in [6.07, 6.45) is 3.35. The SMILES string of the molecule is CCN(CC(=O)NC1CCS(=O)(=O)C1)C(=O)/C(=C/c1ccco1)n1nnnc1-c1ccccc1. The van der Waals surface area contributed by atoms with E-state index in [9.17, 15) is 18.0 Å². The Morgan fingerprint density at radius 3 is 2.68 bits per heavy atom. The summed E-state index contributed by atoms with van der Waals surface area (Å²) < 4.78 is 30.1. The lowest BCUT2D eigenvalue weighted by atomic mass is 10.2. The van der Waals surface area contributed by atoms with E-state index in [1.54, 1.807) is 19.1 Å². The van der Waals surface area contributed by atoms with E-state index in [0.717, 1.165) is 0 Å². The number of likely N-dealkylation sites (N-methyl/N-ethyl adjacent to an activating group) is 1. The first-order chi connectivity index (χ1) is 16.4. The van der Waals surface area contributed by atoms with Crippen molar-refractivity contribution in [2.45, 2.75) is 19.4 Å². The zero-order valence-corrected chi connectivity index (χ0v) is 19.3. The first-order valence-corrected chi connectivity index (χ1v) is 12.6. The van der Waals surface area contributed by atoms with Crippen LogP contribution in [-0.2, 0) is 19.4 Å². The van der Waals surface area contributed by atoms with Gasteiger partial charge in [-0.2, -0.15) is 4.68 Å². The second kappa shape index (κ2) is 10.00. The molecule has 2 amide bonds. The number of hydrogen-bond acceptors (Lipinski definition) is 8. The maximum atomic E-state index is 13.6. The van der Waals surface area contributed by atoms with Crippen molar-refractivity contribution >= 4 is 33.4 Å². The van der Waals surface area contributed by atoms with Crippen molar-refractivity contribution < 1.29 is 22.4 Å². The van der Waals surface area contributed by atoms with Gasteiger partial charge in [-0.05, 0) is 35.9 Å². The molecular weight excluding hydrogens is 460 g/mol. The van der Waals surface area contributed by atoms with Crippen LogP contribution in [0.15, 0.2) is 53.1 Å². The smallest absolute Gasteiger partial charge is 0.273 e. The number of amides is 2. The number of aromatic nitrogens is 4. The van der Waals surface area contributed by atoms with E-state index in [1.165, 1.54) is 21.9 Å². The van der Waals surface area contributed by atoms with Crippen LogP contribution in [-0.4, -0.2) is 76.0 Å². The van der Waals surface area contributed by atoms with Gasteiger partial charge in [-0.15, -0.1) is 5.10 Å². The van der Waals surface area contributed by atoms with Gasteiger partial charge in [0.15, 0.2) is 15.7 Å². The molecule has 1 saturated heterocycles. The highest BCUT2D eigenvalue weighted by atomic mass is 32.2. The van der Waals surface area contributed by atoms with Crippen molar-refractivity contribution in [3.05, 3.63) is 54.5 Å². The van der Waals surface area contributed by atoms with E-state index >= 15 is 0 Å².